The fraction of sp³-hybridized carbons (Fsp3) is 0.647. The third-order valence-electron chi connectivity index (χ3n) is 3.56. The van der Waals surface area contributed by atoms with Crippen LogP contribution >= 0.6 is 0 Å². The summed E-state index contributed by atoms with van der Waals surface area (Å²) >= 11 is 0. The maximum Gasteiger partial charge on any atom is 0.0340 e. The van der Waals surface area contributed by atoms with Crippen LogP contribution in [0.5, 0.6) is 0 Å². The molecule has 0 amide bonds. The molecule has 0 atom stereocenters. The van der Waals surface area contributed by atoms with E-state index >= 15 is 0 Å². The van der Waals surface area contributed by atoms with E-state index in [9.17, 15) is 0 Å². The lowest BCUT2D eigenvalue weighted by Crippen LogP contribution is -2.40. The van der Waals surface area contributed by atoms with Crippen molar-refractivity contribution in [1.82, 2.24) is 4.90 Å². The Balaban J connectivity index is 2.43. The molecule has 0 radical (unpaired) electrons. The average Bonchev–Trinajstić information content (AvgIpc) is 2.40. The summed E-state index contributed by atoms with van der Waals surface area (Å²) in [6.45, 7) is 12.5. The SMILES string of the molecule is CCC(CC)N(CCNc1ccccc1)CC(C)C. The number of hydrogen-bond acceptors (Lipinski definition) is 2. The van der Waals surface area contributed by atoms with Crippen molar-refractivity contribution in [2.24, 2.45) is 5.92 Å². The highest BCUT2D eigenvalue weighted by atomic mass is 15.2. The van der Waals surface area contributed by atoms with Gasteiger partial charge in [-0.05, 0) is 30.9 Å². The molecule has 19 heavy (non-hydrogen) atoms. The second kappa shape index (κ2) is 8.98. The maximum atomic E-state index is 3.51. The smallest absolute Gasteiger partial charge is 0.0340 e. The van der Waals surface area contributed by atoms with Crippen LogP contribution in [0.15, 0.2) is 30.3 Å². The molecule has 1 aromatic carbocycles. The molecular formula is C17H30N2. The predicted molar refractivity (Wildman–Crippen MR) is 85.7 cm³/mol. The Morgan fingerprint density at radius 3 is 2.21 bits per heavy atom. The normalized spacial score (nSPS) is 11.5. The van der Waals surface area contributed by atoms with Crippen LogP contribution in [0.1, 0.15) is 40.5 Å². The van der Waals surface area contributed by atoms with E-state index in [1.807, 2.05) is 0 Å². The zero-order valence-corrected chi connectivity index (χ0v) is 13.0. The summed E-state index contributed by atoms with van der Waals surface area (Å²) in [5, 5.41) is 3.51. The van der Waals surface area contributed by atoms with Crippen molar-refractivity contribution in [3.8, 4) is 0 Å². The number of anilines is 1. The lowest BCUT2D eigenvalue weighted by atomic mass is 10.1. The van der Waals surface area contributed by atoms with Gasteiger partial charge in [0.2, 0.25) is 0 Å². The van der Waals surface area contributed by atoms with Crippen LogP contribution in [0.4, 0.5) is 5.69 Å². The molecule has 2 heteroatoms. The maximum absolute atomic E-state index is 3.51. The summed E-state index contributed by atoms with van der Waals surface area (Å²) in [7, 11) is 0. The highest BCUT2D eigenvalue weighted by molar-refractivity contribution is 5.42. The van der Waals surface area contributed by atoms with Crippen molar-refractivity contribution in [3.63, 3.8) is 0 Å². The quantitative estimate of drug-likeness (QED) is 0.716. The van der Waals surface area contributed by atoms with E-state index in [1.165, 1.54) is 25.1 Å². The summed E-state index contributed by atoms with van der Waals surface area (Å²) in [6.07, 6.45) is 2.49. The Kier molecular flexibility index (Phi) is 7.57. The second-order valence-electron chi connectivity index (χ2n) is 5.65. The Hall–Kier alpha value is -1.02. The van der Waals surface area contributed by atoms with Crippen molar-refractivity contribution in [3.05, 3.63) is 30.3 Å². The van der Waals surface area contributed by atoms with Gasteiger partial charge in [-0.25, -0.2) is 0 Å². The standard InChI is InChI=1S/C17H30N2/c1-5-17(6-2)19(14-15(3)4)13-12-18-16-10-8-7-9-11-16/h7-11,15,17-18H,5-6,12-14H2,1-4H3. The van der Waals surface area contributed by atoms with E-state index in [4.69, 9.17) is 0 Å². The van der Waals surface area contributed by atoms with Crippen molar-refractivity contribution in [1.29, 1.82) is 0 Å². The first-order valence-electron chi connectivity index (χ1n) is 7.70. The largest absolute Gasteiger partial charge is 0.384 e. The summed E-state index contributed by atoms with van der Waals surface area (Å²) in [6, 6.07) is 11.2. The van der Waals surface area contributed by atoms with E-state index in [2.05, 4.69) is 68.2 Å². The van der Waals surface area contributed by atoms with Gasteiger partial charge in [-0.1, -0.05) is 45.9 Å². The van der Waals surface area contributed by atoms with Crippen molar-refractivity contribution < 1.29 is 0 Å². The van der Waals surface area contributed by atoms with Crippen molar-refractivity contribution in [2.75, 3.05) is 25.0 Å². The fourth-order valence-electron chi connectivity index (χ4n) is 2.60. The zero-order chi connectivity index (χ0) is 14.1. The number of rotatable bonds is 9. The van der Waals surface area contributed by atoms with Crippen LogP contribution < -0.4 is 5.32 Å². The number of nitrogens with zero attached hydrogens (tertiary/aromatic N) is 1. The van der Waals surface area contributed by atoms with Gasteiger partial charge in [-0.3, -0.25) is 4.90 Å². The third-order valence-corrected chi connectivity index (χ3v) is 3.56. The van der Waals surface area contributed by atoms with Crippen LogP contribution in [0.3, 0.4) is 0 Å². The minimum absolute atomic E-state index is 0.722. The summed E-state index contributed by atoms with van der Waals surface area (Å²) in [4.78, 5) is 2.64. The van der Waals surface area contributed by atoms with Crippen LogP contribution in [-0.4, -0.2) is 30.6 Å². The number of benzene rings is 1. The molecule has 0 heterocycles. The van der Waals surface area contributed by atoms with Gasteiger partial charge in [-0.15, -0.1) is 0 Å². The third kappa shape index (κ3) is 6.11. The molecule has 108 valence electrons. The van der Waals surface area contributed by atoms with Gasteiger partial charge < -0.3 is 5.32 Å². The van der Waals surface area contributed by atoms with E-state index in [1.54, 1.807) is 0 Å². The predicted octanol–water partition coefficient (Wildman–Crippen LogP) is 4.25. The minimum atomic E-state index is 0.722. The van der Waals surface area contributed by atoms with Crippen molar-refractivity contribution >= 4 is 5.69 Å². The molecule has 0 bridgehead atoms. The second-order valence-corrected chi connectivity index (χ2v) is 5.65. The molecule has 0 unspecified atom stereocenters. The van der Waals surface area contributed by atoms with E-state index in [-0.39, 0.29) is 0 Å². The molecule has 0 fully saturated rings. The first kappa shape index (κ1) is 16.0. The van der Waals surface area contributed by atoms with Gasteiger partial charge in [0.15, 0.2) is 0 Å². The molecule has 0 spiro atoms. The van der Waals surface area contributed by atoms with Gasteiger partial charge in [0.1, 0.15) is 0 Å². The summed E-state index contributed by atoms with van der Waals surface area (Å²) < 4.78 is 0. The Morgan fingerprint density at radius 2 is 1.68 bits per heavy atom. The molecule has 0 saturated carbocycles. The molecule has 0 aliphatic rings. The topological polar surface area (TPSA) is 15.3 Å². The zero-order valence-electron chi connectivity index (χ0n) is 13.0. The lowest BCUT2D eigenvalue weighted by Gasteiger charge is -2.32. The number of hydrogen-bond donors (Lipinski definition) is 1. The summed E-state index contributed by atoms with van der Waals surface area (Å²) in [5.74, 6) is 0.734. The van der Waals surface area contributed by atoms with Gasteiger partial charge in [0.05, 0.1) is 0 Å². The Labute approximate surface area is 119 Å². The number of nitrogens with one attached hydrogen (secondary N) is 1. The molecule has 0 aromatic heterocycles. The minimum Gasteiger partial charge on any atom is -0.384 e. The molecule has 0 saturated heterocycles. The molecule has 0 aliphatic carbocycles. The highest BCUT2D eigenvalue weighted by Gasteiger charge is 2.15. The molecule has 2 nitrogen and oxygen atoms in total. The molecule has 1 aromatic rings. The number of para-hydroxylation sites is 1. The molecular weight excluding hydrogens is 232 g/mol. The lowest BCUT2D eigenvalue weighted by molar-refractivity contribution is 0.172. The van der Waals surface area contributed by atoms with Gasteiger partial charge >= 0.3 is 0 Å². The van der Waals surface area contributed by atoms with E-state index in [0.29, 0.717) is 0 Å². The van der Waals surface area contributed by atoms with Crippen molar-refractivity contribution in [2.45, 2.75) is 46.6 Å². The fourth-order valence-corrected chi connectivity index (χ4v) is 2.60. The Bertz CT molecular complexity index is 317. The van der Waals surface area contributed by atoms with Gasteiger partial charge in [0, 0.05) is 31.4 Å². The monoisotopic (exact) mass is 262 g/mol. The van der Waals surface area contributed by atoms with Crippen LogP contribution in [0.2, 0.25) is 0 Å². The first-order chi connectivity index (χ1) is 9.17. The average molecular weight is 262 g/mol. The van der Waals surface area contributed by atoms with E-state index in [0.717, 1.165) is 25.0 Å². The summed E-state index contributed by atoms with van der Waals surface area (Å²) in [5.41, 5.74) is 1.22. The molecule has 1 N–H and O–H groups in total. The van der Waals surface area contributed by atoms with Gasteiger partial charge in [0.25, 0.3) is 0 Å². The van der Waals surface area contributed by atoms with Crippen LogP contribution in [-0.2, 0) is 0 Å². The van der Waals surface area contributed by atoms with Crippen LogP contribution in [0.25, 0.3) is 0 Å². The highest BCUT2D eigenvalue weighted by Crippen LogP contribution is 2.11. The van der Waals surface area contributed by atoms with Gasteiger partial charge in [-0.2, -0.15) is 0 Å². The Morgan fingerprint density at radius 1 is 1.05 bits per heavy atom. The van der Waals surface area contributed by atoms with E-state index < -0.39 is 0 Å². The molecule has 0 aliphatic heterocycles. The molecule has 1 rings (SSSR count). The first-order valence-corrected chi connectivity index (χ1v) is 7.70. The van der Waals surface area contributed by atoms with Crippen LogP contribution in [0, 0.1) is 5.92 Å².